The van der Waals surface area contributed by atoms with E-state index in [2.05, 4.69) is 16.1 Å². The largest absolute Gasteiger partial charge is 0.342 e. The summed E-state index contributed by atoms with van der Waals surface area (Å²) in [6.07, 6.45) is 4.03. The number of carbonyl (C=O) groups excluding carboxylic acids is 1. The van der Waals surface area contributed by atoms with E-state index in [9.17, 15) is 4.79 Å². The molecule has 1 unspecified atom stereocenters. The molecule has 1 saturated heterocycles. The van der Waals surface area contributed by atoms with Crippen LogP contribution in [0.4, 0.5) is 0 Å². The van der Waals surface area contributed by atoms with Gasteiger partial charge in [-0.1, -0.05) is 12.1 Å². The van der Waals surface area contributed by atoms with Crippen LogP contribution in [-0.2, 0) is 24.4 Å². The number of amides is 1. The predicted molar refractivity (Wildman–Crippen MR) is 96.8 cm³/mol. The van der Waals surface area contributed by atoms with E-state index in [-0.39, 0.29) is 11.8 Å². The van der Waals surface area contributed by atoms with Gasteiger partial charge in [0.05, 0.1) is 29.8 Å². The van der Waals surface area contributed by atoms with Crippen molar-refractivity contribution in [3.05, 3.63) is 53.3 Å². The minimum atomic E-state index is -0.0756. The van der Waals surface area contributed by atoms with E-state index >= 15 is 0 Å². The molecule has 0 spiro atoms. The first-order valence-corrected chi connectivity index (χ1v) is 9.24. The van der Waals surface area contributed by atoms with E-state index in [0.29, 0.717) is 12.1 Å². The van der Waals surface area contributed by atoms with Gasteiger partial charge < -0.3 is 4.90 Å². The average molecular weight is 349 g/mol. The Bertz CT molecular complexity index is 831. The maximum absolute atomic E-state index is 13.0. The van der Waals surface area contributed by atoms with Crippen molar-refractivity contribution in [3.8, 4) is 6.07 Å². The molecule has 0 aliphatic carbocycles. The number of benzene rings is 1. The Kier molecular flexibility index (Phi) is 4.72. The first kappa shape index (κ1) is 16.8. The van der Waals surface area contributed by atoms with Gasteiger partial charge in [0, 0.05) is 38.9 Å². The van der Waals surface area contributed by atoms with Gasteiger partial charge in [0.1, 0.15) is 0 Å². The molecule has 1 aromatic heterocycles. The summed E-state index contributed by atoms with van der Waals surface area (Å²) in [7, 11) is 0. The number of likely N-dealkylation sites (tertiary alicyclic amines) is 1. The summed E-state index contributed by atoms with van der Waals surface area (Å²) in [5.41, 5.74) is 2.91. The fraction of sp³-hybridized carbons (Fsp3) is 0.450. The zero-order chi connectivity index (χ0) is 17.9. The summed E-state index contributed by atoms with van der Waals surface area (Å²) in [5.74, 6) is 0.176. The third-order valence-corrected chi connectivity index (χ3v) is 5.29. The third kappa shape index (κ3) is 3.49. The Morgan fingerprint density at radius 2 is 2.08 bits per heavy atom. The second kappa shape index (κ2) is 7.30. The number of hydrogen-bond donors (Lipinski definition) is 0. The molecular formula is C20H23N5O. The predicted octanol–water partition coefficient (Wildman–Crippen LogP) is 2.01. The highest BCUT2D eigenvalue weighted by Gasteiger charge is 2.31. The molecule has 2 aromatic rings. The van der Waals surface area contributed by atoms with Crippen molar-refractivity contribution in [1.29, 1.82) is 5.26 Å². The molecular weight excluding hydrogens is 326 g/mol. The summed E-state index contributed by atoms with van der Waals surface area (Å²) in [4.78, 5) is 17.3. The highest BCUT2D eigenvalue weighted by molar-refractivity contribution is 5.79. The Balaban J connectivity index is 1.55. The van der Waals surface area contributed by atoms with Crippen molar-refractivity contribution in [3.63, 3.8) is 0 Å². The highest BCUT2D eigenvalue weighted by Crippen LogP contribution is 2.21. The van der Waals surface area contributed by atoms with Crippen LogP contribution < -0.4 is 0 Å². The van der Waals surface area contributed by atoms with Crippen molar-refractivity contribution >= 4 is 5.91 Å². The SMILES string of the molecule is N#Cc1cccc(CN2Cc3ccnn3CC(C(=O)N3CCCC3)C2)c1. The summed E-state index contributed by atoms with van der Waals surface area (Å²) in [6.45, 7) is 4.62. The minimum Gasteiger partial charge on any atom is -0.342 e. The monoisotopic (exact) mass is 349 g/mol. The topological polar surface area (TPSA) is 65.2 Å². The number of hydrogen-bond acceptors (Lipinski definition) is 4. The first-order chi connectivity index (χ1) is 12.7. The van der Waals surface area contributed by atoms with Crippen LogP contribution in [0.3, 0.4) is 0 Å². The second-order valence-electron chi connectivity index (χ2n) is 7.22. The Labute approximate surface area is 153 Å². The molecule has 1 aromatic carbocycles. The van der Waals surface area contributed by atoms with E-state index in [1.54, 1.807) is 0 Å². The third-order valence-electron chi connectivity index (χ3n) is 5.29. The second-order valence-corrected chi connectivity index (χ2v) is 7.22. The van der Waals surface area contributed by atoms with E-state index < -0.39 is 0 Å². The van der Waals surface area contributed by atoms with E-state index in [1.165, 1.54) is 0 Å². The van der Waals surface area contributed by atoms with Crippen LogP contribution in [0, 0.1) is 17.2 Å². The van der Waals surface area contributed by atoms with Gasteiger partial charge >= 0.3 is 0 Å². The maximum atomic E-state index is 13.0. The molecule has 1 amide bonds. The number of rotatable bonds is 3. The van der Waals surface area contributed by atoms with Gasteiger partial charge in [0.2, 0.25) is 5.91 Å². The molecule has 4 rings (SSSR count). The highest BCUT2D eigenvalue weighted by atomic mass is 16.2. The maximum Gasteiger partial charge on any atom is 0.228 e. The molecule has 2 aliphatic rings. The molecule has 6 heteroatoms. The van der Waals surface area contributed by atoms with Crippen LogP contribution in [0.5, 0.6) is 0 Å². The molecule has 26 heavy (non-hydrogen) atoms. The number of fused-ring (bicyclic) bond motifs is 1. The Hall–Kier alpha value is -2.65. The zero-order valence-corrected chi connectivity index (χ0v) is 14.8. The van der Waals surface area contributed by atoms with Crippen molar-refractivity contribution in [1.82, 2.24) is 19.6 Å². The van der Waals surface area contributed by atoms with Crippen LogP contribution in [-0.4, -0.2) is 45.1 Å². The van der Waals surface area contributed by atoms with Crippen molar-refractivity contribution in [2.45, 2.75) is 32.5 Å². The lowest BCUT2D eigenvalue weighted by Gasteiger charge is -2.26. The standard InChI is InChI=1S/C20H23N5O/c21-11-16-4-3-5-17(10-16)12-23-13-18(20(26)24-8-1-2-9-24)14-25-19(15-23)6-7-22-25/h3-7,10,18H,1-2,8-9,12-15H2. The Morgan fingerprint density at radius 3 is 2.88 bits per heavy atom. The van der Waals surface area contributed by atoms with E-state index in [4.69, 9.17) is 5.26 Å². The van der Waals surface area contributed by atoms with Gasteiger partial charge in [-0.3, -0.25) is 14.4 Å². The van der Waals surface area contributed by atoms with Gasteiger partial charge in [-0.15, -0.1) is 0 Å². The number of nitriles is 1. The fourth-order valence-electron chi connectivity index (χ4n) is 4.00. The summed E-state index contributed by atoms with van der Waals surface area (Å²) < 4.78 is 1.98. The molecule has 2 aliphatic heterocycles. The fourth-order valence-corrected chi connectivity index (χ4v) is 4.00. The molecule has 0 N–H and O–H groups in total. The van der Waals surface area contributed by atoms with Gasteiger partial charge in [-0.05, 0) is 36.6 Å². The summed E-state index contributed by atoms with van der Waals surface area (Å²) in [5, 5.41) is 13.5. The quantitative estimate of drug-likeness (QED) is 0.850. The summed E-state index contributed by atoms with van der Waals surface area (Å²) >= 11 is 0. The van der Waals surface area contributed by atoms with Crippen molar-refractivity contribution < 1.29 is 4.79 Å². The number of aromatic nitrogens is 2. The summed E-state index contributed by atoms with van der Waals surface area (Å²) in [6, 6.07) is 11.9. The zero-order valence-electron chi connectivity index (χ0n) is 14.8. The lowest BCUT2D eigenvalue weighted by molar-refractivity contribution is -0.135. The van der Waals surface area contributed by atoms with E-state index in [1.807, 2.05) is 46.1 Å². The lowest BCUT2D eigenvalue weighted by Crippen LogP contribution is -2.40. The first-order valence-electron chi connectivity index (χ1n) is 9.24. The minimum absolute atomic E-state index is 0.0756. The molecule has 134 valence electrons. The molecule has 3 heterocycles. The van der Waals surface area contributed by atoms with Crippen LogP contribution in [0.15, 0.2) is 36.5 Å². The van der Waals surface area contributed by atoms with Crippen molar-refractivity contribution in [2.24, 2.45) is 5.92 Å². The molecule has 6 nitrogen and oxygen atoms in total. The van der Waals surface area contributed by atoms with Gasteiger partial charge in [0.15, 0.2) is 0 Å². The normalized spacial score (nSPS) is 20.4. The van der Waals surface area contributed by atoms with Gasteiger partial charge in [-0.25, -0.2) is 0 Å². The molecule has 1 fully saturated rings. The van der Waals surface area contributed by atoms with E-state index in [0.717, 1.165) is 56.8 Å². The molecule has 0 saturated carbocycles. The molecule has 0 radical (unpaired) electrons. The smallest absolute Gasteiger partial charge is 0.228 e. The molecule has 1 atom stereocenters. The van der Waals surface area contributed by atoms with Crippen LogP contribution in [0.25, 0.3) is 0 Å². The number of nitrogens with zero attached hydrogens (tertiary/aromatic N) is 5. The average Bonchev–Trinajstić information content (AvgIpc) is 3.31. The van der Waals surface area contributed by atoms with Crippen LogP contribution >= 0.6 is 0 Å². The number of carbonyl (C=O) groups is 1. The van der Waals surface area contributed by atoms with Gasteiger partial charge in [-0.2, -0.15) is 10.4 Å². The Morgan fingerprint density at radius 1 is 1.23 bits per heavy atom. The van der Waals surface area contributed by atoms with Gasteiger partial charge in [0.25, 0.3) is 0 Å². The van der Waals surface area contributed by atoms with Crippen molar-refractivity contribution in [2.75, 3.05) is 19.6 Å². The van der Waals surface area contributed by atoms with Crippen LogP contribution in [0.2, 0.25) is 0 Å². The lowest BCUT2D eigenvalue weighted by atomic mass is 10.1. The van der Waals surface area contributed by atoms with Crippen LogP contribution in [0.1, 0.15) is 29.7 Å². The molecule has 0 bridgehead atoms.